The zero-order valence-electron chi connectivity index (χ0n) is 12.9. The largest absolute Gasteiger partial charge is 0.494 e. The molecule has 0 spiro atoms. The van der Waals surface area contributed by atoms with Gasteiger partial charge < -0.3 is 15.0 Å². The topological polar surface area (TPSA) is 36.9 Å². The fourth-order valence-corrected chi connectivity index (χ4v) is 2.24. The molecule has 20 heavy (non-hydrogen) atoms. The molecule has 0 aliphatic heterocycles. The van der Waals surface area contributed by atoms with Crippen LogP contribution in [0.3, 0.4) is 0 Å². The SMILES string of the molecule is CCOc1ccc(CN(C)C(=NC)NC2CC2C)cc1. The van der Waals surface area contributed by atoms with E-state index in [1.807, 2.05) is 26.1 Å². The fraction of sp³-hybridized carbons (Fsp3) is 0.562. The summed E-state index contributed by atoms with van der Waals surface area (Å²) < 4.78 is 5.46. The lowest BCUT2D eigenvalue weighted by atomic mass is 10.2. The van der Waals surface area contributed by atoms with Crippen molar-refractivity contribution in [3.63, 3.8) is 0 Å². The average molecular weight is 275 g/mol. The normalized spacial score (nSPS) is 21.5. The zero-order valence-corrected chi connectivity index (χ0v) is 12.9. The van der Waals surface area contributed by atoms with Crippen molar-refractivity contribution in [2.75, 3.05) is 20.7 Å². The van der Waals surface area contributed by atoms with Crippen LogP contribution in [0.25, 0.3) is 0 Å². The van der Waals surface area contributed by atoms with Crippen LogP contribution in [0.15, 0.2) is 29.3 Å². The first-order valence-electron chi connectivity index (χ1n) is 7.30. The van der Waals surface area contributed by atoms with Crippen LogP contribution in [-0.4, -0.2) is 37.6 Å². The van der Waals surface area contributed by atoms with Crippen LogP contribution in [-0.2, 0) is 6.54 Å². The molecule has 0 saturated heterocycles. The monoisotopic (exact) mass is 275 g/mol. The third-order valence-corrected chi connectivity index (χ3v) is 3.65. The molecule has 0 radical (unpaired) electrons. The molecule has 1 aliphatic rings. The number of hydrogen-bond donors (Lipinski definition) is 1. The Kier molecular flexibility index (Phi) is 4.88. The summed E-state index contributed by atoms with van der Waals surface area (Å²) in [5.74, 6) is 2.66. The van der Waals surface area contributed by atoms with Gasteiger partial charge in [0, 0.05) is 26.7 Å². The zero-order chi connectivity index (χ0) is 14.5. The summed E-state index contributed by atoms with van der Waals surface area (Å²) in [6.07, 6.45) is 1.25. The van der Waals surface area contributed by atoms with Crippen molar-refractivity contribution in [1.29, 1.82) is 0 Å². The summed E-state index contributed by atoms with van der Waals surface area (Å²) in [7, 11) is 3.91. The van der Waals surface area contributed by atoms with E-state index < -0.39 is 0 Å². The van der Waals surface area contributed by atoms with Gasteiger partial charge in [-0.15, -0.1) is 0 Å². The van der Waals surface area contributed by atoms with Crippen LogP contribution in [0.2, 0.25) is 0 Å². The van der Waals surface area contributed by atoms with E-state index in [4.69, 9.17) is 4.74 Å². The minimum absolute atomic E-state index is 0.594. The summed E-state index contributed by atoms with van der Waals surface area (Å²) >= 11 is 0. The maximum absolute atomic E-state index is 5.46. The second kappa shape index (κ2) is 6.64. The number of rotatable bonds is 5. The van der Waals surface area contributed by atoms with Gasteiger partial charge in [0.05, 0.1) is 6.61 Å². The van der Waals surface area contributed by atoms with E-state index in [1.54, 1.807) is 0 Å². The molecule has 2 atom stereocenters. The summed E-state index contributed by atoms with van der Waals surface area (Å²) in [5, 5.41) is 3.49. The van der Waals surface area contributed by atoms with Crippen molar-refractivity contribution in [3.05, 3.63) is 29.8 Å². The summed E-state index contributed by atoms with van der Waals surface area (Å²) in [5.41, 5.74) is 1.25. The molecule has 110 valence electrons. The molecule has 0 bridgehead atoms. The minimum Gasteiger partial charge on any atom is -0.494 e. The Balaban J connectivity index is 1.90. The maximum atomic E-state index is 5.46. The summed E-state index contributed by atoms with van der Waals surface area (Å²) in [4.78, 5) is 6.51. The Morgan fingerprint density at radius 2 is 2.05 bits per heavy atom. The number of aliphatic imine (C=N–C) groups is 1. The van der Waals surface area contributed by atoms with Crippen molar-refractivity contribution in [1.82, 2.24) is 10.2 Å². The number of nitrogens with zero attached hydrogens (tertiary/aromatic N) is 2. The Labute approximate surface area is 121 Å². The predicted octanol–water partition coefficient (Wildman–Crippen LogP) is 2.50. The van der Waals surface area contributed by atoms with Gasteiger partial charge in [-0.25, -0.2) is 0 Å². The van der Waals surface area contributed by atoms with E-state index in [0.29, 0.717) is 12.6 Å². The highest BCUT2D eigenvalue weighted by atomic mass is 16.5. The van der Waals surface area contributed by atoms with E-state index in [1.165, 1.54) is 12.0 Å². The van der Waals surface area contributed by atoms with Gasteiger partial charge in [0.15, 0.2) is 5.96 Å². The molecule has 4 nitrogen and oxygen atoms in total. The number of guanidine groups is 1. The Hall–Kier alpha value is -1.71. The van der Waals surface area contributed by atoms with Crippen LogP contribution in [0.4, 0.5) is 0 Å². The first-order valence-corrected chi connectivity index (χ1v) is 7.30. The van der Waals surface area contributed by atoms with Crippen molar-refractivity contribution < 1.29 is 4.74 Å². The second-order valence-corrected chi connectivity index (χ2v) is 5.44. The highest BCUT2D eigenvalue weighted by molar-refractivity contribution is 5.80. The minimum atomic E-state index is 0.594. The van der Waals surface area contributed by atoms with Crippen LogP contribution < -0.4 is 10.1 Å². The Morgan fingerprint density at radius 1 is 1.40 bits per heavy atom. The van der Waals surface area contributed by atoms with Crippen LogP contribution in [0.1, 0.15) is 25.8 Å². The van der Waals surface area contributed by atoms with Crippen LogP contribution in [0.5, 0.6) is 5.75 Å². The molecule has 0 heterocycles. The summed E-state index contributed by atoms with van der Waals surface area (Å²) in [6, 6.07) is 8.84. The van der Waals surface area contributed by atoms with Gasteiger partial charge in [-0.05, 0) is 37.0 Å². The van der Waals surface area contributed by atoms with Crippen LogP contribution >= 0.6 is 0 Å². The first-order chi connectivity index (χ1) is 9.63. The van der Waals surface area contributed by atoms with E-state index >= 15 is 0 Å². The van der Waals surface area contributed by atoms with Crippen molar-refractivity contribution >= 4 is 5.96 Å². The Morgan fingerprint density at radius 3 is 2.55 bits per heavy atom. The molecule has 0 amide bonds. The van der Waals surface area contributed by atoms with E-state index in [2.05, 4.69) is 41.3 Å². The Bertz CT molecular complexity index is 455. The number of hydrogen-bond acceptors (Lipinski definition) is 2. The maximum Gasteiger partial charge on any atom is 0.193 e. The van der Waals surface area contributed by atoms with Crippen molar-refractivity contribution in [3.8, 4) is 5.75 Å². The third kappa shape index (κ3) is 3.89. The quantitative estimate of drug-likeness (QED) is 0.662. The molecule has 1 aliphatic carbocycles. The molecule has 1 aromatic rings. The fourth-order valence-electron chi connectivity index (χ4n) is 2.24. The van der Waals surface area contributed by atoms with Gasteiger partial charge in [-0.1, -0.05) is 19.1 Å². The van der Waals surface area contributed by atoms with Gasteiger partial charge >= 0.3 is 0 Å². The first kappa shape index (κ1) is 14.7. The molecule has 1 saturated carbocycles. The number of benzene rings is 1. The molecule has 2 unspecified atom stereocenters. The molecular weight excluding hydrogens is 250 g/mol. The van der Waals surface area contributed by atoms with E-state index in [-0.39, 0.29) is 0 Å². The molecular formula is C16H25N3O. The van der Waals surface area contributed by atoms with E-state index in [9.17, 15) is 0 Å². The van der Waals surface area contributed by atoms with Gasteiger partial charge in [0.1, 0.15) is 5.75 Å². The summed E-state index contributed by atoms with van der Waals surface area (Å²) in [6.45, 7) is 5.80. The van der Waals surface area contributed by atoms with Gasteiger partial charge in [-0.2, -0.15) is 0 Å². The smallest absolute Gasteiger partial charge is 0.193 e. The molecule has 1 aromatic carbocycles. The van der Waals surface area contributed by atoms with E-state index in [0.717, 1.165) is 24.2 Å². The average Bonchev–Trinajstić information content (AvgIpc) is 3.14. The van der Waals surface area contributed by atoms with Crippen molar-refractivity contribution in [2.45, 2.75) is 32.9 Å². The molecule has 1 fully saturated rings. The highest BCUT2D eigenvalue weighted by Crippen LogP contribution is 2.29. The van der Waals surface area contributed by atoms with Gasteiger partial charge in [0.25, 0.3) is 0 Å². The molecule has 4 heteroatoms. The molecule has 1 N–H and O–H groups in total. The standard InChI is InChI=1S/C16H25N3O/c1-5-20-14-8-6-13(7-9-14)11-19(4)16(17-3)18-15-10-12(15)2/h6-9,12,15H,5,10-11H2,1-4H3,(H,17,18). The highest BCUT2D eigenvalue weighted by Gasteiger charge is 2.33. The van der Waals surface area contributed by atoms with Crippen molar-refractivity contribution in [2.24, 2.45) is 10.9 Å². The van der Waals surface area contributed by atoms with Gasteiger partial charge in [0.2, 0.25) is 0 Å². The lowest BCUT2D eigenvalue weighted by Gasteiger charge is -2.22. The lowest BCUT2D eigenvalue weighted by molar-refractivity contribution is 0.340. The van der Waals surface area contributed by atoms with Crippen LogP contribution in [0, 0.1) is 5.92 Å². The lowest BCUT2D eigenvalue weighted by Crippen LogP contribution is -2.40. The second-order valence-electron chi connectivity index (χ2n) is 5.44. The third-order valence-electron chi connectivity index (χ3n) is 3.65. The molecule has 0 aromatic heterocycles. The predicted molar refractivity (Wildman–Crippen MR) is 83.1 cm³/mol. The number of nitrogens with one attached hydrogen (secondary N) is 1. The molecule has 2 rings (SSSR count). The number of ether oxygens (including phenoxy) is 1. The van der Waals surface area contributed by atoms with Gasteiger partial charge in [-0.3, -0.25) is 4.99 Å².